The summed E-state index contributed by atoms with van der Waals surface area (Å²) in [7, 11) is -1.26. The lowest BCUT2D eigenvalue weighted by Crippen LogP contribution is -2.30. The largest absolute Gasteiger partial charge is 0.490 e. The highest BCUT2D eigenvalue weighted by Crippen LogP contribution is 2.49. The Bertz CT molecular complexity index is 1470. The number of carbonyl (C=O) groups excluding carboxylic acids is 1. The van der Waals surface area contributed by atoms with E-state index in [2.05, 4.69) is 31.8 Å². The quantitative estimate of drug-likeness (QED) is 0.253. The Kier molecular flexibility index (Phi) is 8.32. The number of hydrogen-bond acceptors (Lipinski definition) is 7. The predicted octanol–water partition coefficient (Wildman–Crippen LogP) is 5.02. The smallest absolute Gasteiger partial charge is 0.223 e. The van der Waals surface area contributed by atoms with E-state index in [4.69, 9.17) is 19.6 Å². The molecule has 10 heteroatoms. The predicted molar refractivity (Wildman–Crippen MR) is 159 cm³/mol. The Labute approximate surface area is 242 Å². The number of nitrogens with zero attached hydrogens (tertiary/aromatic N) is 5. The third-order valence-corrected chi connectivity index (χ3v) is 9.43. The number of likely N-dealkylation sites (tertiary alicyclic amines) is 1. The van der Waals surface area contributed by atoms with Crippen molar-refractivity contribution in [2.75, 3.05) is 19.8 Å². The zero-order chi connectivity index (χ0) is 29.3. The van der Waals surface area contributed by atoms with E-state index >= 15 is 0 Å². The van der Waals surface area contributed by atoms with Gasteiger partial charge in [0, 0.05) is 38.8 Å². The van der Waals surface area contributed by atoms with Crippen molar-refractivity contribution >= 4 is 14.0 Å². The minimum Gasteiger partial charge on any atom is -0.490 e. The lowest BCUT2D eigenvalue weighted by molar-refractivity contribution is -0.129. The van der Waals surface area contributed by atoms with Crippen molar-refractivity contribution in [3.63, 3.8) is 0 Å². The molecule has 2 heterocycles. The van der Waals surface area contributed by atoms with E-state index in [0.29, 0.717) is 42.5 Å². The molecule has 0 radical (unpaired) electrons. The maximum absolute atomic E-state index is 12.6. The number of aliphatic hydroxyl groups excluding tert-OH is 1. The summed E-state index contributed by atoms with van der Waals surface area (Å²) >= 11 is 0. The molecule has 2 aromatic carbocycles. The molecule has 1 amide bonds. The number of rotatable bonds is 11. The average Bonchev–Trinajstić information content (AvgIpc) is 3.58. The van der Waals surface area contributed by atoms with Crippen molar-refractivity contribution in [3.8, 4) is 34.6 Å². The van der Waals surface area contributed by atoms with Crippen molar-refractivity contribution in [1.29, 1.82) is 5.26 Å². The van der Waals surface area contributed by atoms with Crippen LogP contribution in [0.5, 0.6) is 5.75 Å². The van der Waals surface area contributed by atoms with Gasteiger partial charge < -0.3 is 19.5 Å². The Morgan fingerprint density at radius 1 is 1.20 bits per heavy atom. The Morgan fingerprint density at radius 2 is 2.00 bits per heavy atom. The van der Waals surface area contributed by atoms with Crippen LogP contribution in [0.3, 0.4) is 0 Å². The average molecular weight is 574 g/mol. The maximum Gasteiger partial charge on any atom is 0.223 e. The number of aromatic nitrogens is 3. The fraction of sp³-hybridized carbons (Fsp3) is 0.484. The van der Waals surface area contributed by atoms with E-state index in [0.717, 1.165) is 34.7 Å². The van der Waals surface area contributed by atoms with Crippen LogP contribution in [0.1, 0.15) is 43.0 Å². The first-order valence-corrected chi connectivity index (χ1v) is 18.1. The summed E-state index contributed by atoms with van der Waals surface area (Å²) in [5.74, 6) is 2.03. The minimum absolute atomic E-state index is 0.0252. The van der Waals surface area contributed by atoms with Gasteiger partial charge >= 0.3 is 0 Å². The van der Waals surface area contributed by atoms with Gasteiger partial charge in [-0.1, -0.05) is 37.8 Å². The molecule has 0 bridgehead atoms. The van der Waals surface area contributed by atoms with Gasteiger partial charge in [0.25, 0.3) is 0 Å². The normalized spacial score (nSPS) is 18.1. The first kappa shape index (κ1) is 29.0. The van der Waals surface area contributed by atoms with Crippen LogP contribution >= 0.6 is 0 Å². The molecule has 1 fully saturated rings. The van der Waals surface area contributed by atoms with Crippen LogP contribution in [-0.4, -0.2) is 64.6 Å². The Balaban J connectivity index is 1.52. The number of fused-ring (bicyclic) bond motifs is 3. The lowest BCUT2D eigenvalue weighted by Gasteiger charge is -2.24. The minimum atomic E-state index is -1.26. The zero-order valence-electron chi connectivity index (χ0n) is 24.6. The summed E-state index contributed by atoms with van der Waals surface area (Å²) in [6.07, 6.45) is 1.20. The number of ether oxygens (including phenoxy) is 2. The van der Waals surface area contributed by atoms with E-state index in [-0.39, 0.29) is 37.3 Å². The third kappa shape index (κ3) is 6.08. The maximum atomic E-state index is 12.6. The first-order chi connectivity index (χ1) is 19.6. The fourth-order valence-electron chi connectivity index (χ4n) is 5.82. The van der Waals surface area contributed by atoms with Crippen LogP contribution in [0, 0.1) is 17.2 Å². The van der Waals surface area contributed by atoms with Crippen molar-refractivity contribution in [3.05, 3.63) is 53.1 Å². The molecule has 1 saturated heterocycles. The number of carbonyl (C=O) groups is 1. The number of benzene rings is 2. The molecular formula is C31H39N5O4Si. The number of aliphatic hydroxyl groups is 1. The summed E-state index contributed by atoms with van der Waals surface area (Å²) in [6.45, 7) is 12.0. The number of β-amino-alcohol motifs (C(OH)–C–C–N with tert-alkyl or cyclic N) is 1. The molecule has 2 atom stereocenters. The summed E-state index contributed by atoms with van der Waals surface area (Å²) in [5.41, 5.74) is 4.40. The monoisotopic (exact) mass is 573 g/mol. The van der Waals surface area contributed by atoms with Gasteiger partial charge in [-0.2, -0.15) is 5.26 Å². The van der Waals surface area contributed by atoms with Crippen LogP contribution < -0.4 is 4.74 Å². The number of hydrogen-bond donors (Lipinski definition) is 1. The molecule has 9 nitrogen and oxygen atoms in total. The van der Waals surface area contributed by atoms with Crippen molar-refractivity contribution in [2.45, 2.75) is 71.3 Å². The van der Waals surface area contributed by atoms with Gasteiger partial charge in [-0.15, -0.1) is 5.10 Å². The number of nitriles is 1. The molecule has 41 heavy (non-hydrogen) atoms. The lowest BCUT2D eigenvalue weighted by atomic mass is 10.0. The van der Waals surface area contributed by atoms with Crippen LogP contribution in [0.25, 0.3) is 22.8 Å². The second-order valence-corrected chi connectivity index (χ2v) is 18.0. The zero-order valence-corrected chi connectivity index (χ0v) is 25.6. The second-order valence-electron chi connectivity index (χ2n) is 12.4. The van der Waals surface area contributed by atoms with Crippen LogP contribution in [-0.2, 0) is 22.7 Å². The van der Waals surface area contributed by atoms with Crippen molar-refractivity contribution in [1.82, 2.24) is 19.7 Å². The van der Waals surface area contributed by atoms with Crippen LogP contribution in [0.4, 0.5) is 0 Å². The molecule has 0 saturated carbocycles. The summed E-state index contributed by atoms with van der Waals surface area (Å²) in [6, 6.07) is 14.9. The Hall–Kier alpha value is -3.52. The third-order valence-electron chi connectivity index (χ3n) is 7.72. The SMILES string of the molecule is CC(C)Oc1ccc(-c2nc(-c3cccc4c3C[C@@H]3CC(=O)N(CCO)C43)nn2COCC[Si](C)(C)C)cc1C#N. The molecule has 1 aromatic heterocycles. The highest BCUT2D eigenvalue weighted by Gasteiger charge is 2.46. The van der Waals surface area contributed by atoms with E-state index < -0.39 is 8.07 Å². The molecule has 0 spiro atoms. The van der Waals surface area contributed by atoms with Gasteiger partial charge in [-0.25, -0.2) is 9.67 Å². The van der Waals surface area contributed by atoms with Gasteiger partial charge in [0.2, 0.25) is 5.91 Å². The fourth-order valence-corrected chi connectivity index (χ4v) is 6.58. The van der Waals surface area contributed by atoms with Crippen LogP contribution in [0.15, 0.2) is 36.4 Å². The molecule has 1 aliphatic heterocycles. The molecule has 216 valence electrons. The van der Waals surface area contributed by atoms with Gasteiger partial charge in [-0.05, 0) is 61.6 Å². The van der Waals surface area contributed by atoms with Gasteiger partial charge in [-0.3, -0.25) is 4.79 Å². The molecular weight excluding hydrogens is 534 g/mol. The molecule has 1 aliphatic carbocycles. The highest BCUT2D eigenvalue weighted by molar-refractivity contribution is 6.76. The van der Waals surface area contributed by atoms with E-state index in [1.807, 2.05) is 43.0 Å². The molecule has 3 aromatic rings. The van der Waals surface area contributed by atoms with E-state index in [9.17, 15) is 15.2 Å². The van der Waals surface area contributed by atoms with Gasteiger partial charge in [0.15, 0.2) is 11.6 Å². The van der Waals surface area contributed by atoms with Gasteiger partial charge in [0.1, 0.15) is 18.5 Å². The summed E-state index contributed by atoms with van der Waals surface area (Å²) in [4.78, 5) is 19.4. The van der Waals surface area contributed by atoms with E-state index in [1.54, 1.807) is 10.7 Å². The molecule has 1 N–H and O–H groups in total. The Morgan fingerprint density at radius 3 is 2.71 bits per heavy atom. The molecule has 2 aliphatic rings. The van der Waals surface area contributed by atoms with Crippen molar-refractivity contribution in [2.24, 2.45) is 5.92 Å². The summed E-state index contributed by atoms with van der Waals surface area (Å²) in [5, 5.41) is 24.3. The second kappa shape index (κ2) is 11.8. The topological polar surface area (TPSA) is 114 Å². The standard InChI is InChI=1S/C31H39N5O4Si/c1-20(2)40-27-10-9-21(15-23(27)18-32)31-33-30(34-36(31)19-39-13-14-41(3,4)5)25-8-6-7-24-26(25)16-22-17-28(38)35(11-12-37)29(22)24/h6-10,15,20,22,29,37H,11-14,16-17,19H2,1-5H3/t22-,29?/m1/s1. The molecule has 1 unspecified atom stereocenters. The van der Waals surface area contributed by atoms with Gasteiger partial charge in [0.05, 0.1) is 24.3 Å². The van der Waals surface area contributed by atoms with Crippen LogP contribution in [0.2, 0.25) is 25.7 Å². The van der Waals surface area contributed by atoms with Crippen molar-refractivity contribution < 1.29 is 19.4 Å². The molecule has 5 rings (SSSR count). The van der Waals surface area contributed by atoms with E-state index in [1.165, 1.54) is 0 Å². The summed E-state index contributed by atoms with van der Waals surface area (Å²) < 4.78 is 13.7. The first-order valence-electron chi connectivity index (χ1n) is 14.4. The highest BCUT2D eigenvalue weighted by atomic mass is 28.3. The number of amides is 1.